The summed E-state index contributed by atoms with van der Waals surface area (Å²) in [7, 11) is 0. The van der Waals surface area contributed by atoms with Crippen LogP contribution in [-0.4, -0.2) is 5.71 Å². The Morgan fingerprint density at radius 1 is 1.50 bits per heavy atom. The molecule has 2 nitrogen and oxygen atoms in total. The number of allylic oxidation sites excluding steroid dienone is 1. The van der Waals surface area contributed by atoms with Crippen LogP contribution in [0.1, 0.15) is 19.3 Å². The van der Waals surface area contributed by atoms with E-state index in [0.29, 0.717) is 0 Å². The molecule has 2 heteroatoms. The van der Waals surface area contributed by atoms with Crippen LogP contribution in [0.15, 0.2) is 29.5 Å². The van der Waals surface area contributed by atoms with E-state index in [0.717, 1.165) is 18.6 Å². The molecule has 54 valence electrons. The maximum absolute atomic E-state index is 5.38. The van der Waals surface area contributed by atoms with Crippen LogP contribution in [0.25, 0.3) is 0 Å². The van der Waals surface area contributed by atoms with Crippen molar-refractivity contribution in [2.75, 3.05) is 0 Å². The molecule has 0 radical (unpaired) electrons. The Balaban J connectivity index is 2.77. The molecule has 0 atom stereocenters. The molecule has 2 N–H and O–H groups in total. The lowest BCUT2D eigenvalue weighted by molar-refractivity contribution is 0.945. The van der Waals surface area contributed by atoms with Gasteiger partial charge in [0.05, 0.1) is 0 Å². The van der Waals surface area contributed by atoms with Crippen molar-refractivity contribution < 1.29 is 0 Å². The normalized spacial score (nSPS) is 26.0. The smallest absolute Gasteiger partial charge is 0.0449 e. The van der Waals surface area contributed by atoms with E-state index >= 15 is 0 Å². The van der Waals surface area contributed by atoms with E-state index in [1.54, 1.807) is 12.4 Å². The first-order chi connectivity index (χ1) is 4.88. The van der Waals surface area contributed by atoms with Crippen molar-refractivity contribution in [2.24, 2.45) is 10.7 Å². The molecule has 1 saturated carbocycles. The van der Waals surface area contributed by atoms with E-state index in [1.165, 1.54) is 12.0 Å². The highest BCUT2D eigenvalue weighted by atomic mass is 14.7. The van der Waals surface area contributed by atoms with Gasteiger partial charge in [-0.05, 0) is 31.0 Å². The zero-order valence-corrected chi connectivity index (χ0v) is 6.01. The van der Waals surface area contributed by atoms with Crippen LogP contribution >= 0.6 is 0 Å². The SMILES string of the molecule is C=CN=C1CCC/C1=C/N. The second-order valence-electron chi connectivity index (χ2n) is 2.30. The van der Waals surface area contributed by atoms with Crippen molar-refractivity contribution in [1.29, 1.82) is 0 Å². The van der Waals surface area contributed by atoms with E-state index < -0.39 is 0 Å². The van der Waals surface area contributed by atoms with Gasteiger partial charge >= 0.3 is 0 Å². The summed E-state index contributed by atoms with van der Waals surface area (Å²) in [6, 6.07) is 0. The standard InChI is InChI=1S/C8H12N2/c1-2-10-8-5-3-4-7(8)6-9/h2,6H,1,3-5,9H2/b7-6-,10-8?. The number of nitrogens with two attached hydrogens (primary N) is 1. The highest BCUT2D eigenvalue weighted by Gasteiger charge is 2.13. The quantitative estimate of drug-likeness (QED) is 0.584. The summed E-state index contributed by atoms with van der Waals surface area (Å²) in [5.74, 6) is 0. The Morgan fingerprint density at radius 2 is 2.30 bits per heavy atom. The van der Waals surface area contributed by atoms with Crippen LogP contribution in [0.3, 0.4) is 0 Å². The number of nitrogens with zero attached hydrogens (tertiary/aromatic N) is 1. The van der Waals surface area contributed by atoms with E-state index in [9.17, 15) is 0 Å². The zero-order valence-electron chi connectivity index (χ0n) is 6.01. The van der Waals surface area contributed by atoms with Crippen molar-refractivity contribution in [3.05, 3.63) is 24.6 Å². The Labute approximate surface area is 61.1 Å². The van der Waals surface area contributed by atoms with Crippen LogP contribution in [0, 0.1) is 0 Å². The Bertz CT molecular complexity index is 189. The van der Waals surface area contributed by atoms with Gasteiger partial charge in [-0.25, -0.2) is 0 Å². The molecule has 1 aliphatic rings. The third-order valence-electron chi connectivity index (χ3n) is 1.68. The summed E-state index contributed by atoms with van der Waals surface area (Å²) in [6.45, 7) is 3.54. The summed E-state index contributed by atoms with van der Waals surface area (Å²) < 4.78 is 0. The van der Waals surface area contributed by atoms with Gasteiger partial charge in [-0.2, -0.15) is 0 Å². The zero-order chi connectivity index (χ0) is 7.40. The highest BCUT2D eigenvalue weighted by Crippen LogP contribution is 2.20. The van der Waals surface area contributed by atoms with Crippen molar-refractivity contribution in [3.63, 3.8) is 0 Å². The monoisotopic (exact) mass is 136 g/mol. The maximum atomic E-state index is 5.38. The lowest BCUT2D eigenvalue weighted by Crippen LogP contribution is -1.95. The molecule has 1 aliphatic carbocycles. The molecule has 0 saturated heterocycles. The third-order valence-corrected chi connectivity index (χ3v) is 1.68. The van der Waals surface area contributed by atoms with Crippen LogP contribution in [-0.2, 0) is 0 Å². The third kappa shape index (κ3) is 1.26. The molecule has 0 heterocycles. The summed E-state index contributed by atoms with van der Waals surface area (Å²) in [5, 5.41) is 0. The van der Waals surface area contributed by atoms with Crippen molar-refractivity contribution in [3.8, 4) is 0 Å². The van der Waals surface area contributed by atoms with Crippen molar-refractivity contribution in [2.45, 2.75) is 19.3 Å². The van der Waals surface area contributed by atoms with Crippen LogP contribution in [0.5, 0.6) is 0 Å². The summed E-state index contributed by atoms with van der Waals surface area (Å²) in [6.07, 6.45) is 6.52. The molecule has 0 bridgehead atoms. The predicted octanol–water partition coefficient (Wildman–Crippen LogP) is 1.60. The molecule has 10 heavy (non-hydrogen) atoms. The number of rotatable bonds is 1. The molecule has 0 spiro atoms. The summed E-state index contributed by atoms with van der Waals surface area (Å²) in [5.41, 5.74) is 7.67. The van der Waals surface area contributed by atoms with Gasteiger partial charge in [0.25, 0.3) is 0 Å². The number of aliphatic imine (C=N–C) groups is 1. The molecule has 0 aromatic heterocycles. The second-order valence-corrected chi connectivity index (χ2v) is 2.30. The van der Waals surface area contributed by atoms with Gasteiger partial charge in [-0.3, -0.25) is 4.99 Å². The highest BCUT2D eigenvalue weighted by molar-refractivity contribution is 6.02. The average molecular weight is 136 g/mol. The Kier molecular flexibility index (Phi) is 2.26. The molecular weight excluding hydrogens is 124 g/mol. The van der Waals surface area contributed by atoms with E-state index in [2.05, 4.69) is 11.6 Å². The average Bonchev–Trinajstić information content (AvgIpc) is 2.36. The molecule has 1 fully saturated rings. The fourth-order valence-corrected chi connectivity index (χ4v) is 1.19. The Hall–Kier alpha value is -1.05. The van der Waals surface area contributed by atoms with E-state index in [4.69, 9.17) is 5.73 Å². The fraction of sp³-hybridized carbons (Fsp3) is 0.375. The molecule has 0 unspecified atom stereocenters. The number of hydrogen-bond acceptors (Lipinski definition) is 2. The van der Waals surface area contributed by atoms with Crippen LogP contribution < -0.4 is 5.73 Å². The molecule has 0 aliphatic heterocycles. The molecule has 0 aromatic rings. The summed E-state index contributed by atoms with van der Waals surface area (Å²) >= 11 is 0. The second kappa shape index (κ2) is 3.20. The minimum absolute atomic E-state index is 1.05. The first-order valence-electron chi connectivity index (χ1n) is 3.47. The lowest BCUT2D eigenvalue weighted by atomic mass is 10.2. The molecule has 0 aromatic carbocycles. The Morgan fingerprint density at radius 3 is 2.90 bits per heavy atom. The van der Waals surface area contributed by atoms with Crippen LogP contribution in [0.2, 0.25) is 0 Å². The minimum Gasteiger partial charge on any atom is -0.404 e. The van der Waals surface area contributed by atoms with Gasteiger partial charge in [-0.15, -0.1) is 0 Å². The van der Waals surface area contributed by atoms with Gasteiger partial charge in [0, 0.05) is 11.9 Å². The lowest BCUT2D eigenvalue weighted by Gasteiger charge is -1.93. The van der Waals surface area contributed by atoms with E-state index in [1.807, 2.05) is 0 Å². The van der Waals surface area contributed by atoms with Gasteiger partial charge in [0.2, 0.25) is 0 Å². The van der Waals surface area contributed by atoms with E-state index in [-0.39, 0.29) is 0 Å². The summed E-state index contributed by atoms with van der Waals surface area (Å²) in [4.78, 5) is 4.11. The van der Waals surface area contributed by atoms with Crippen molar-refractivity contribution >= 4 is 5.71 Å². The maximum Gasteiger partial charge on any atom is 0.0449 e. The predicted molar refractivity (Wildman–Crippen MR) is 43.8 cm³/mol. The topological polar surface area (TPSA) is 38.4 Å². The fourth-order valence-electron chi connectivity index (χ4n) is 1.19. The number of hydrogen-bond donors (Lipinski definition) is 1. The van der Waals surface area contributed by atoms with Gasteiger partial charge in [0.15, 0.2) is 0 Å². The molecular formula is C8H12N2. The van der Waals surface area contributed by atoms with Crippen molar-refractivity contribution in [1.82, 2.24) is 0 Å². The van der Waals surface area contributed by atoms with Gasteiger partial charge < -0.3 is 5.73 Å². The van der Waals surface area contributed by atoms with Gasteiger partial charge in [-0.1, -0.05) is 6.58 Å². The van der Waals surface area contributed by atoms with Gasteiger partial charge in [0.1, 0.15) is 0 Å². The molecule has 1 rings (SSSR count). The minimum atomic E-state index is 1.05. The molecule has 0 amide bonds. The largest absolute Gasteiger partial charge is 0.404 e. The van der Waals surface area contributed by atoms with Crippen LogP contribution in [0.4, 0.5) is 0 Å². The first-order valence-corrected chi connectivity index (χ1v) is 3.47. The first kappa shape index (κ1) is 7.06.